The van der Waals surface area contributed by atoms with Crippen LogP contribution < -0.4 is 5.32 Å². The fourth-order valence-corrected chi connectivity index (χ4v) is 2.32. The second kappa shape index (κ2) is 5.30. The summed E-state index contributed by atoms with van der Waals surface area (Å²) >= 11 is 0. The lowest BCUT2D eigenvalue weighted by molar-refractivity contribution is 0.434. The molecule has 1 heterocycles. The normalized spacial score (nSPS) is 21.7. The summed E-state index contributed by atoms with van der Waals surface area (Å²) in [4.78, 5) is 0. The van der Waals surface area contributed by atoms with E-state index in [2.05, 4.69) is 5.32 Å². The van der Waals surface area contributed by atoms with Gasteiger partial charge in [0.05, 0.1) is 0 Å². The molecule has 1 aromatic rings. The van der Waals surface area contributed by atoms with Gasteiger partial charge in [-0.3, -0.25) is 0 Å². The van der Waals surface area contributed by atoms with Gasteiger partial charge >= 0.3 is 0 Å². The van der Waals surface area contributed by atoms with Crippen LogP contribution in [-0.4, -0.2) is 18.2 Å². The predicted octanol–water partition coefficient (Wildman–Crippen LogP) is 2.46. The van der Waals surface area contributed by atoms with Crippen molar-refractivity contribution >= 4 is 0 Å². The third-order valence-corrected chi connectivity index (χ3v) is 3.25. The van der Waals surface area contributed by atoms with Crippen LogP contribution in [0.3, 0.4) is 0 Å². The first-order valence-electron chi connectivity index (χ1n) is 5.94. The van der Waals surface area contributed by atoms with Gasteiger partial charge < -0.3 is 10.4 Å². The predicted molar refractivity (Wildman–Crippen MR) is 62.0 cm³/mol. The van der Waals surface area contributed by atoms with Gasteiger partial charge in [-0.2, -0.15) is 0 Å². The van der Waals surface area contributed by atoms with Crippen LogP contribution in [0.1, 0.15) is 24.8 Å². The van der Waals surface area contributed by atoms with Gasteiger partial charge in [-0.05, 0) is 68.5 Å². The van der Waals surface area contributed by atoms with Gasteiger partial charge in [-0.15, -0.1) is 0 Å². The van der Waals surface area contributed by atoms with E-state index in [9.17, 15) is 9.50 Å². The highest BCUT2D eigenvalue weighted by Crippen LogP contribution is 2.25. The molecule has 1 aliphatic heterocycles. The van der Waals surface area contributed by atoms with E-state index in [1.54, 1.807) is 0 Å². The maximum Gasteiger partial charge on any atom is 0.123 e. The first-order chi connectivity index (χ1) is 7.75. The fraction of sp³-hybridized carbons (Fsp3) is 0.538. The second-order valence-electron chi connectivity index (χ2n) is 4.52. The highest BCUT2D eigenvalue weighted by molar-refractivity contribution is 5.32. The minimum atomic E-state index is -0.264. The molecule has 1 atom stereocenters. The van der Waals surface area contributed by atoms with Crippen LogP contribution in [0.15, 0.2) is 18.2 Å². The zero-order valence-corrected chi connectivity index (χ0v) is 9.38. The maximum atomic E-state index is 13.1. The molecule has 2 nitrogen and oxygen atoms in total. The molecule has 1 aliphatic rings. The number of aromatic hydroxyl groups is 1. The molecule has 1 saturated heterocycles. The summed E-state index contributed by atoms with van der Waals surface area (Å²) in [5.41, 5.74) is 0.743. The Morgan fingerprint density at radius 1 is 1.31 bits per heavy atom. The molecular formula is C13H18FNO. The van der Waals surface area contributed by atoms with Crippen molar-refractivity contribution in [2.24, 2.45) is 5.92 Å². The first-order valence-corrected chi connectivity index (χ1v) is 5.94. The van der Waals surface area contributed by atoms with Crippen LogP contribution in [0.2, 0.25) is 0 Å². The summed E-state index contributed by atoms with van der Waals surface area (Å²) in [6, 6.07) is 4.20. The Labute approximate surface area is 95.5 Å². The molecule has 2 N–H and O–H groups in total. The lowest BCUT2D eigenvalue weighted by Gasteiger charge is -2.14. The van der Waals surface area contributed by atoms with Gasteiger partial charge in [0.15, 0.2) is 0 Å². The van der Waals surface area contributed by atoms with E-state index in [0.29, 0.717) is 5.92 Å². The molecule has 1 aromatic carbocycles. The van der Waals surface area contributed by atoms with E-state index < -0.39 is 0 Å². The molecule has 2 rings (SSSR count). The lowest BCUT2D eigenvalue weighted by atomic mass is 9.92. The molecule has 0 saturated carbocycles. The quantitative estimate of drug-likeness (QED) is 0.807. The number of benzene rings is 1. The van der Waals surface area contributed by atoms with Gasteiger partial charge in [0.1, 0.15) is 11.6 Å². The van der Waals surface area contributed by atoms with Gasteiger partial charge in [0, 0.05) is 0 Å². The van der Waals surface area contributed by atoms with E-state index in [-0.39, 0.29) is 11.6 Å². The average molecular weight is 223 g/mol. The Bertz CT molecular complexity index is 346. The summed E-state index contributed by atoms with van der Waals surface area (Å²) in [6.07, 6.45) is 4.21. The Morgan fingerprint density at radius 3 is 3.06 bits per heavy atom. The number of phenolic OH excluding ortho intramolecular Hbond substituents is 1. The molecule has 0 radical (unpaired) electrons. The molecule has 1 fully saturated rings. The molecule has 0 spiro atoms. The van der Waals surface area contributed by atoms with E-state index in [1.165, 1.54) is 24.6 Å². The van der Waals surface area contributed by atoms with E-state index in [4.69, 9.17) is 0 Å². The van der Waals surface area contributed by atoms with Crippen LogP contribution in [0, 0.1) is 11.7 Å². The van der Waals surface area contributed by atoms with Gasteiger partial charge in [0.2, 0.25) is 0 Å². The third kappa shape index (κ3) is 2.95. The zero-order valence-electron chi connectivity index (χ0n) is 9.38. The van der Waals surface area contributed by atoms with Gasteiger partial charge in [-0.1, -0.05) is 0 Å². The Kier molecular flexibility index (Phi) is 3.78. The van der Waals surface area contributed by atoms with Crippen molar-refractivity contribution in [1.29, 1.82) is 0 Å². The van der Waals surface area contributed by atoms with Gasteiger partial charge in [-0.25, -0.2) is 4.39 Å². The minimum Gasteiger partial charge on any atom is -0.508 e. The van der Waals surface area contributed by atoms with Crippen molar-refractivity contribution in [1.82, 2.24) is 5.32 Å². The SMILES string of the molecule is Oc1ccc(F)cc1CC1CCCNCC1. The van der Waals surface area contributed by atoms with Crippen LogP contribution in [0.5, 0.6) is 5.75 Å². The molecular weight excluding hydrogens is 205 g/mol. The highest BCUT2D eigenvalue weighted by atomic mass is 19.1. The van der Waals surface area contributed by atoms with Gasteiger partial charge in [0.25, 0.3) is 0 Å². The Morgan fingerprint density at radius 2 is 2.19 bits per heavy atom. The van der Waals surface area contributed by atoms with Crippen molar-refractivity contribution in [3.8, 4) is 5.75 Å². The molecule has 88 valence electrons. The van der Waals surface area contributed by atoms with Crippen LogP contribution in [-0.2, 0) is 6.42 Å². The van der Waals surface area contributed by atoms with Crippen LogP contribution in [0.4, 0.5) is 4.39 Å². The first kappa shape index (κ1) is 11.4. The third-order valence-electron chi connectivity index (χ3n) is 3.25. The summed E-state index contributed by atoms with van der Waals surface area (Å²) in [6.45, 7) is 2.10. The second-order valence-corrected chi connectivity index (χ2v) is 4.52. The van der Waals surface area contributed by atoms with Crippen molar-refractivity contribution < 1.29 is 9.50 Å². The Hall–Kier alpha value is -1.09. The molecule has 0 bridgehead atoms. The van der Waals surface area contributed by atoms with Crippen molar-refractivity contribution in [3.63, 3.8) is 0 Å². The topological polar surface area (TPSA) is 32.3 Å². The monoisotopic (exact) mass is 223 g/mol. The Balaban J connectivity index is 2.04. The number of hydrogen-bond acceptors (Lipinski definition) is 2. The molecule has 1 unspecified atom stereocenters. The van der Waals surface area contributed by atoms with E-state index >= 15 is 0 Å². The average Bonchev–Trinajstić information content (AvgIpc) is 2.52. The maximum absolute atomic E-state index is 13.1. The largest absolute Gasteiger partial charge is 0.508 e. The van der Waals surface area contributed by atoms with Crippen molar-refractivity contribution in [2.75, 3.05) is 13.1 Å². The highest BCUT2D eigenvalue weighted by Gasteiger charge is 2.14. The smallest absolute Gasteiger partial charge is 0.123 e. The number of phenols is 1. The zero-order chi connectivity index (χ0) is 11.4. The number of nitrogens with one attached hydrogen (secondary N) is 1. The lowest BCUT2D eigenvalue weighted by Crippen LogP contribution is -2.14. The molecule has 3 heteroatoms. The molecule has 0 aromatic heterocycles. The fourth-order valence-electron chi connectivity index (χ4n) is 2.32. The number of hydrogen-bond donors (Lipinski definition) is 2. The number of rotatable bonds is 2. The van der Waals surface area contributed by atoms with E-state index in [0.717, 1.165) is 37.9 Å². The summed E-state index contributed by atoms with van der Waals surface area (Å²) in [7, 11) is 0. The minimum absolute atomic E-state index is 0.221. The molecule has 16 heavy (non-hydrogen) atoms. The molecule has 0 aliphatic carbocycles. The van der Waals surface area contributed by atoms with Crippen LogP contribution >= 0.6 is 0 Å². The summed E-state index contributed by atoms with van der Waals surface area (Å²) < 4.78 is 13.1. The summed E-state index contributed by atoms with van der Waals surface area (Å²) in [5.74, 6) is 0.515. The summed E-state index contributed by atoms with van der Waals surface area (Å²) in [5, 5.41) is 13.0. The standard InChI is InChI=1S/C13H18FNO/c14-12-3-4-13(16)11(9-12)8-10-2-1-6-15-7-5-10/h3-4,9-10,15-16H,1-2,5-8H2. The van der Waals surface area contributed by atoms with E-state index in [1.807, 2.05) is 0 Å². The van der Waals surface area contributed by atoms with Crippen LogP contribution in [0.25, 0.3) is 0 Å². The van der Waals surface area contributed by atoms with Crippen molar-refractivity contribution in [3.05, 3.63) is 29.6 Å². The van der Waals surface area contributed by atoms with Crippen molar-refractivity contribution in [2.45, 2.75) is 25.7 Å². The molecule has 0 amide bonds. The number of halogens is 1.